The number of ether oxygens (including phenoxy) is 1. The predicted octanol–water partition coefficient (Wildman–Crippen LogP) is -1.30. The Morgan fingerprint density at radius 1 is 1.57 bits per heavy atom. The summed E-state index contributed by atoms with van der Waals surface area (Å²) in [4.78, 5) is 11.2. The highest BCUT2D eigenvalue weighted by molar-refractivity contribution is 5.38. The van der Waals surface area contributed by atoms with Gasteiger partial charge in [0, 0.05) is 7.05 Å². The van der Waals surface area contributed by atoms with Crippen LogP contribution in [0.5, 0.6) is 5.88 Å². The predicted molar refractivity (Wildman–Crippen MR) is 45.3 cm³/mol. The van der Waals surface area contributed by atoms with Gasteiger partial charge in [0.15, 0.2) is 5.69 Å². The van der Waals surface area contributed by atoms with E-state index in [0.717, 1.165) is 4.68 Å². The van der Waals surface area contributed by atoms with E-state index in [-0.39, 0.29) is 0 Å². The monoisotopic (exact) mass is 196 g/mol. The van der Waals surface area contributed by atoms with Crippen LogP contribution in [0.25, 0.3) is 5.69 Å². The molecule has 2 aromatic rings. The molecule has 0 aliphatic carbocycles. The number of aromatic nitrogens is 6. The van der Waals surface area contributed by atoms with Crippen molar-refractivity contribution in [3.05, 3.63) is 16.7 Å². The first-order valence-corrected chi connectivity index (χ1v) is 3.81. The molecule has 0 atom stereocenters. The third kappa shape index (κ3) is 1.16. The molecule has 2 heterocycles. The zero-order valence-electron chi connectivity index (χ0n) is 7.63. The van der Waals surface area contributed by atoms with Crippen LogP contribution in [-0.4, -0.2) is 37.1 Å². The SMILES string of the molecule is COc1nn(C)cc1-n1nn[nH]c1=O. The van der Waals surface area contributed by atoms with E-state index >= 15 is 0 Å². The normalized spacial score (nSPS) is 10.4. The van der Waals surface area contributed by atoms with E-state index in [2.05, 4.69) is 20.6 Å². The van der Waals surface area contributed by atoms with Crippen LogP contribution in [0, 0.1) is 0 Å². The quantitative estimate of drug-likeness (QED) is 0.644. The highest BCUT2D eigenvalue weighted by Gasteiger charge is 2.13. The van der Waals surface area contributed by atoms with Gasteiger partial charge in [-0.15, -0.1) is 5.10 Å². The molecule has 0 bridgehead atoms. The van der Waals surface area contributed by atoms with Gasteiger partial charge >= 0.3 is 5.69 Å². The second-order valence-electron chi connectivity index (χ2n) is 2.62. The molecular formula is C6H8N6O2. The van der Waals surface area contributed by atoms with E-state index in [1.807, 2.05) is 0 Å². The number of tetrazole rings is 1. The molecule has 14 heavy (non-hydrogen) atoms. The topological polar surface area (TPSA) is 90.6 Å². The molecule has 2 aromatic heterocycles. The number of H-pyrrole nitrogens is 1. The zero-order valence-corrected chi connectivity index (χ0v) is 7.63. The fourth-order valence-corrected chi connectivity index (χ4v) is 1.10. The second-order valence-corrected chi connectivity index (χ2v) is 2.62. The van der Waals surface area contributed by atoms with Gasteiger partial charge in [0.05, 0.1) is 13.3 Å². The summed E-state index contributed by atoms with van der Waals surface area (Å²) >= 11 is 0. The van der Waals surface area contributed by atoms with Gasteiger partial charge in [-0.3, -0.25) is 4.68 Å². The van der Waals surface area contributed by atoms with Crippen LogP contribution < -0.4 is 10.4 Å². The highest BCUT2D eigenvalue weighted by Crippen LogP contribution is 2.16. The van der Waals surface area contributed by atoms with Gasteiger partial charge in [-0.25, -0.2) is 9.89 Å². The molecule has 0 aliphatic rings. The second kappa shape index (κ2) is 2.98. The van der Waals surface area contributed by atoms with E-state index in [1.54, 1.807) is 13.2 Å². The van der Waals surface area contributed by atoms with Crippen molar-refractivity contribution in [2.75, 3.05) is 7.11 Å². The summed E-state index contributed by atoms with van der Waals surface area (Å²) in [6.45, 7) is 0. The number of aryl methyl sites for hydroxylation is 1. The molecule has 74 valence electrons. The highest BCUT2D eigenvalue weighted by atomic mass is 16.5. The fraction of sp³-hybridized carbons (Fsp3) is 0.333. The lowest BCUT2D eigenvalue weighted by molar-refractivity contribution is 0.389. The smallest absolute Gasteiger partial charge is 0.366 e. The zero-order chi connectivity index (χ0) is 10.1. The van der Waals surface area contributed by atoms with Crippen molar-refractivity contribution in [2.24, 2.45) is 7.05 Å². The molecule has 0 fully saturated rings. The van der Waals surface area contributed by atoms with Crippen LogP contribution in [0.2, 0.25) is 0 Å². The Kier molecular flexibility index (Phi) is 1.80. The molecule has 8 nitrogen and oxygen atoms in total. The molecule has 1 N–H and O–H groups in total. The van der Waals surface area contributed by atoms with Crippen LogP contribution >= 0.6 is 0 Å². The molecule has 0 aliphatic heterocycles. The van der Waals surface area contributed by atoms with Gasteiger partial charge in [-0.2, -0.15) is 4.68 Å². The van der Waals surface area contributed by atoms with Crippen LogP contribution in [0.3, 0.4) is 0 Å². The molecule has 0 saturated heterocycles. The number of nitrogens with one attached hydrogen (secondary N) is 1. The van der Waals surface area contributed by atoms with E-state index in [4.69, 9.17) is 4.74 Å². The van der Waals surface area contributed by atoms with Crippen LogP contribution in [0.4, 0.5) is 0 Å². The van der Waals surface area contributed by atoms with Crippen molar-refractivity contribution in [1.82, 2.24) is 30.0 Å². The van der Waals surface area contributed by atoms with E-state index < -0.39 is 5.69 Å². The van der Waals surface area contributed by atoms with Crippen molar-refractivity contribution in [3.63, 3.8) is 0 Å². The minimum absolute atomic E-state index is 0.323. The van der Waals surface area contributed by atoms with E-state index in [9.17, 15) is 4.79 Å². The Bertz CT molecular complexity index is 494. The van der Waals surface area contributed by atoms with Crippen molar-refractivity contribution in [3.8, 4) is 11.6 Å². The van der Waals surface area contributed by atoms with Crippen molar-refractivity contribution < 1.29 is 4.74 Å². The maximum Gasteiger partial charge on any atom is 0.366 e. The van der Waals surface area contributed by atoms with E-state index in [0.29, 0.717) is 11.6 Å². The largest absolute Gasteiger partial charge is 0.478 e. The Balaban J connectivity index is 2.61. The minimum Gasteiger partial charge on any atom is -0.478 e. The number of hydrogen-bond donors (Lipinski definition) is 1. The number of hydrogen-bond acceptors (Lipinski definition) is 5. The maximum absolute atomic E-state index is 11.2. The summed E-state index contributed by atoms with van der Waals surface area (Å²) in [5.74, 6) is 0.323. The Morgan fingerprint density at radius 2 is 2.36 bits per heavy atom. The van der Waals surface area contributed by atoms with Crippen molar-refractivity contribution in [2.45, 2.75) is 0 Å². The van der Waals surface area contributed by atoms with E-state index in [1.165, 1.54) is 11.8 Å². The molecule has 0 saturated carbocycles. The average molecular weight is 196 g/mol. The summed E-state index contributed by atoms with van der Waals surface area (Å²) in [5, 5.41) is 13.1. The Morgan fingerprint density at radius 3 is 2.93 bits per heavy atom. The number of aromatic amines is 1. The maximum atomic E-state index is 11.2. The molecule has 0 unspecified atom stereocenters. The molecule has 2 rings (SSSR count). The number of methoxy groups -OCH3 is 1. The molecule has 0 aromatic carbocycles. The van der Waals surface area contributed by atoms with Crippen LogP contribution in [-0.2, 0) is 7.05 Å². The number of rotatable bonds is 2. The summed E-state index contributed by atoms with van der Waals surface area (Å²) in [5.41, 5.74) is 0.0186. The van der Waals surface area contributed by atoms with Gasteiger partial charge in [0.1, 0.15) is 0 Å². The van der Waals surface area contributed by atoms with Crippen molar-refractivity contribution in [1.29, 1.82) is 0 Å². The summed E-state index contributed by atoms with van der Waals surface area (Å²) < 4.78 is 7.57. The van der Waals surface area contributed by atoms with Gasteiger partial charge < -0.3 is 4.74 Å². The molecule has 0 spiro atoms. The van der Waals surface area contributed by atoms with Gasteiger partial charge in [-0.1, -0.05) is 0 Å². The summed E-state index contributed by atoms with van der Waals surface area (Å²) in [6, 6.07) is 0. The first kappa shape index (κ1) is 8.48. The standard InChI is InChI=1S/C6H8N6O2/c1-11-3-4(5(8-11)14-2)12-6(13)7-9-10-12/h3H,1-2H3,(H,7,10,13). The van der Waals surface area contributed by atoms with Crippen LogP contribution in [0.15, 0.2) is 11.0 Å². The van der Waals surface area contributed by atoms with Gasteiger partial charge in [-0.05, 0) is 10.4 Å². The van der Waals surface area contributed by atoms with Gasteiger partial charge in [0.25, 0.3) is 5.88 Å². The summed E-state index contributed by atoms with van der Waals surface area (Å²) in [7, 11) is 3.19. The van der Waals surface area contributed by atoms with Crippen LogP contribution in [0.1, 0.15) is 0 Å². The number of nitrogens with zero attached hydrogens (tertiary/aromatic N) is 5. The third-order valence-electron chi connectivity index (χ3n) is 1.67. The fourth-order valence-electron chi connectivity index (χ4n) is 1.10. The first-order valence-electron chi connectivity index (χ1n) is 3.81. The molecule has 8 heteroatoms. The lowest BCUT2D eigenvalue weighted by Crippen LogP contribution is -2.16. The molecule has 0 amide bonds. The lowest BCUT2D eigenvalue weighted by atomic mass is 10.5. The third-order valence-corrected chi connectivity index (χ3v) is 1.67. The molecular weight excluding hydrogens is 188 g/mol. The average Bonchev–Trinajstić information content (AvgIpc) is 2.71. The lowest BCUT2D eigenvalue weighted by Gasteiger charge is -1.95. The summed E-state index contributed by atoms with van der Waals surface area (Å²) in [6.07, 6.45) is 1.61. The Labute approximate surface area is 78.1 Å². The minimum atomic E-state index is -0.434. The molecule has 0 radical (unpaired) electrons. The van der Waals surface area contributed by atoms with Crippen molar-refractivity contribution >= 4 is 0 Å². The Hall–Kier alpha value is -2.12. The first-order chi connectivity index (χ1) is 6.72. The van der Waals surface area contributed by atoms with Gasteiger partial charge in [0.2, 0.25) is 0 Å².